The second-order valence-electron chi connectivity index (χ2n) is 9.86. The van der Waals surface area contributed by atoms with E-state index in [4.69, 9.17) is 48.8 Å². The molecule has 0 radical (unpaired) electrons. The highest BCUT2D eigenvalue weighted by atomic mass is 35.5. The predicted octanol–water partition coefficient (Wildman–Crippen LogP) is 8.79. The van der Waals surface area contributed by atoms with Gasteiger partial charge in [0.25, 0.3) is 0 Å². The van der Waals surface area contributed by atoms with Gasteiger partial charge in [-0.25, -0.2) is 4.79 Å². The van der Waals surface area contributed by atoms with Crippen molar-refractivity contribution in [2.75, 3.05) is 25.1 Å². The van der Waals surface area contributed by atoms with Crippen molar-refractivity contribution in [2.24, 2.45) is 0 Å². The Morgan fingerprint density at radius 1 is 1.00 bits per heavy atom. The Morgan fingerprint density at radius 2 is 1.74 bits per heavy atom. The Morgan fingerprint density at radius 3 is 2.38 bits per heavy atom. The van der Waals surface area contributed by atoms with Crippen LogP contribution in [0.3, 0.4) is 0 Å². The first-order valence-corrected chi connectivity index (χ1v) is 14.8. The second kappa shape index (κ2) is 13.1. The van der Waals surface area contributed by atoms with Gasteiger partial charge in [-0.15, -0.1) is 0 Å². The van der Waals surface area contributed by atoms with E-state index < -0.39 is 5.97 Å². The summed E-state index contributed by atoms with van der Waals surface area (Å²) in [5.74, 6) is 7.54. The van der Waals surface area contributed by atoms with Crippen molar-refractivity contribution in [3.8, 4) is 28.8 Å². The number of carbonyl (C=O) groups is 1. The van der Waals surface area contributed by atoms with E-state index in [9.17, 15) is 4.79 Å². The van der Waals surface area contributed by atoms with Gasteiger partial charge in [0.2, 0.25) is 0 Å². The number of benzene rings is 3. The van der Waals surface area contributed by atoms with E-state index in [-0.39, 0.29) is 6.61 Å². The van der Waals surface area contributed by atoms with Crippen LogP contribution in [0.15, 0.2) is 59.1 Å². The third-order valence-electron chi connectivity index (χ3n) is 7.10. The fourth-order valence-electron chi connectivity index (χ4n) is 4.72. The molecule has 0 N–H and O–H groups in total. The van der Waals surface area contributed by atoms with Crippen molar-refractivity contribution >= 4 is 46.5 Å². The van der Waals surface area contributed by atoms with Crippen molar-refractivity contribution in [3.05, 3.63) is 97.7 Å². The number of hydrogen-bond acceptors (Lipinski definition) is 6. The average Bonchev–Trinajstić information content (AvgIpc) is 3.75. The number of halogens is 3. The maximum absolute atomic E-state index is 12.3. The molecule has 0 atom stereocenters. The molecule has 3 aromatic carbocycles. The third kappa shape index (κ3) is 6.55. The lowest BCUT2D eigenvalue weighted by atomic mass is 10.0. The molecule has 0 aliphatic heterocycles. The summed E-state index contributed by atoms with van der Waals surface area (Å²) in [4.78, 5) is 14.4. The van der Waals surface area contributed by atoms with Crippen LogP contribution in [0.2, 0.25) is 15.1 Å². The number of hydrogen-bond donors (Lipinski definition) is 0. The van der Waals surface area contributed by atoms with E-state index in [1.807, 2.05) is 18.2 Å². The summed E-state index contributed by atoms with van der Waals surface area (Å²) >= 11 is 19.6. The topological polar surface area (TPSA) is 64.8 Å². The molecule has 42 heavy (non-hydrogen) atoms. The Labute approximate surface area is 260 Å². The van der Waals surface area contributed by atoms with Gasteiger partial charge in [0.15, 0.2) is 0 Å². The summed E-state index contributed by atoms with van der Waals surface area (Å²) in [6.07, 6.45) is 2.08. The summed E-state index contributed by atoms with van der Waals surface area (Å²) in [7, 11) is 1.36. The highest BCUT2D eigenvalue weighted by Gasteiger charge is 2.33. The molecule has 1 saturated carbocycles. The minimum absolute atomic E-state index is 0.210. The highest BCUT2D eigenvalue weighted by Crippen LogP contribution is 2.46. The maximum atomic E-state index is 12.3. The van der Waals surface area contributed by atoms with Gasteiger partial charge in [-0.05, 0) is 69.2 Å². The summed E-state index contributed by atoms with van der Waals surface area (Å²) in [5, 5.41) is 5.74. The highest BCUT2D eigenvalue weighted by molar-refractivity contribution is 6.39. The van der Waals surface area contributed by atoms with Gasteiger partial charge >= 0.3 is 5.97 Å². The molecule has 4 aromatic rings. The zero-order valence-corrected chi connectivity index (χ0v) is 25.7. The Balaban J connectivity index is 1.38. The number of rotatable bonds is 9. The molecule has 1 aromatic heterocycles. The van der Waals surface area contributed by atoms with Crippen LogP contribution in [-0.2, 0) is 11.3 Å². The SMILES string of the molecule is CCN(CC)c1cc(C#Cc2ccc(OCc3c(-c4c(Cl)cccc4Cl)noc3C3CC3)cc2Cl)cc(C(=O)OC)c1. The zero-order chi connectivity index (χ0) is 29.8. The first-order chi connectivity index (χ1) is 20.3. The van der Waals surface area contributed by atoms with Crippen LogP contribution >= 0.6 is 34.8 Å². The Kier molecular flexibility index (Phi) is 9.33. The number of methoxy groups -OCH3 is 1. The van der Waals surface area contributed by atoms with Gasteiger partial charge < -0.3 is 18.9 Å². The molecule has 1 heterocycles. The minimum Gasteiger partial charge on any atom is -0.489 e. The number of anilines is 1. The lowest BCUT2D eigenvalue weighted by Gasteiger charge is -2.21. The molecule has 0 bridgehead atoms. The van der Waals surface area contributed by atoms with Crippen LogP contribution in [0.4, 0.5) is 5.69 Å². The monoisotopic (exact) mass is 622 g/mol. The molecule has 9 heteroatoms. The molecule has 6 nitrogen and oxygen atoms in total. The van der Waals surface area contributed by atoms with Gasteiger partial charge in [0, 0.05) is 47.5 Å². The van der Waals surface area contributed by atoms with Gasteiger partial charge in [0.1, 0.15) is 23.8 Å². The molecule has 0 saturated heterocycles. The molecule has 1 aliphatic rings. The first-order valence-electron chi connectivity index (χ1n) is 13.7. The summed E-state index contributed by atoms with van der Waals surface area (Å²) in [5.41, 5.74) is 4.68. The van der Waals surface area contributed by atoms with Gasteiger partial charge in [-0.2, -0.15) is 0 Å². The fourth-order valence-corrected chi connectivity index (χ4v) is 5.51. The molecule has 216 valence electrons. The predicted molar refractivity (Wildman–Crippen MR) is 167 cm³/mol. The summed E-state index contributed by atoms with van der Waals surface area (Å²) in [6.45, 7) is 5.93. The molecular weight excluding hydrogens is 595 g/mol. The molecule has 0 amide bonds. The normalized spacial score (nSPS) is 12.4. The Bertz CT molecular complexity index is 1660. The fraction of sp³-hybridized carbons (Fsp3) is 0.273. The third-order valence-corrected chi connectivity index (χ3v) is 8.04. The quantitative estimate of drug-likeness (QED) is 0.137. The number of aromatic nitrogens is 1. The van der Waals surface area contributed by atoms with Crippen molar-refractivity contribution < 1.29 is 18.8 Å². The minimum atomic E-state index is -0.413. The molecular formula is C33H29Cl3N2O4. The second-order valence-corrected chi connectivity index (χ2v) is 11.1. The smallest absolute Gasteiger partial charge is 0.337 e. The van der Waals surface area contributed by atoms with Crippen LogP contribution in [0.25, 0.3) is 11.3 Å². The molecule has 1 fully saturated rings. The largest absolute Gasteiger partial charge is 0.489 e. The Hall–Kier alpha value is -3.63. The summed E-state index contributed by atoms with van der Waals surface area (Å²) < 4.78 is 16.8. The summed E-state index contributed by atoms with van der Waals surface area (Å²) in [6, 6.07) is 16.2. The van der Waals surface area contributed by atoms with E-state index in [1.54, 1.807) is 36.4 Å². The zero-order valence-electron chi connectivity index (χ0n) is 23.5. The molecule has 5 rings (SSSR count). The van der Waals surface area contributed by atoms with E-state index in [0.717, 1.165) is 42.9 Å². The number of ether oxygens (including phenoxy) is 2. The van der Waals surface area contributed by atoms with E-state index in [2.05, 4.69) is 35.7 Å². The standard InChI is InChI=1S/C33H29Cl3N2O4/c1-4-38(5-2)24-16-20(15-23(17-24)33(39)40-3)9-10-21-13-14-25(18-29(21)36)41-19-26-31(37-42-32(26)22-11-12-22)30-27(34)7-6-8-28(30)35/h6-8,13-18,22H,4-5,11-12,19H2,1-3H3. The lowest BCUT2D eigenvalue weighted by molar-refractivity contribution is 0.0600. The van der Waals surface area contributed by atoms with Crippen LogP contribution in [0.1, 0.15) is 65.4 Å². The number of nitrogens with zero attached hydrogens (tertiary/aromatic N) is 2. The molecule has 1 aliphatic carbocycles. The van der Waals surface area contributed by atoms with E-state index in [1.165, 1.54) is 7.11 Å². The van der Waals surface area contributed by atoms with Gasteiger partial charge in [-0.1, -0.05) is 57.9 Å². The molecule has 0 spiro atoms. The van der Waals surface area contributed by atoms with Gasteiger partial charge in [0.05, 0.1) is 33.3 Å². The van der Waals surface area contributed by atoms with Crippen molar-refractivity contribution in [1.29, 1.82) is 0 Å². The average molecular weight is 624 g/mol. The van der Waals surface area contributed by atoms with E-state index >= 15 is 0 Å². The van der Waals surface area contributed by atoms with Crippen LogP contribution in [0, 0.1) is 11.8 Å². The van der Waals surface area contributed by atoms with Crippen LogP contribution in [-0.4, -0.2) is 31.3 Å². The van der Waals surface area contributed by atoms with Crippen molar-refractivity contribution in [3.63, 3.8) is 0 Å². The first kappa shape index (κ1) is 29.8. The molecule has 0 unspecified atom stereocenters. The number of esters is 1. The van der Waals surface area contributed by atoms with Crippen LogP contribution < -0.4 is 9.64 Å². The maximum Gasteiger partial charge on any atom is 0.337 e. The number of carbonyl (C=O) groups excluding carboxylic acids is 1. The van der Waals surface area contributed by atoms with Crippen molar-refractivity contribution in [1.82, 2.24) is 5.16 Å². The van der Waals surface area contributed by atoms with Gasteiger partial charge in [-0.3, -0.25) is 0 Å². The van der Waals surface area contributed by atoms with Crippen LogP contribution in [0.5, 0.6) is 5.75 Å². The van der Waals surface area contributed by atoms with Crippen molar-refractivity contribution in [2.45, 2.75) is 39.2 Å². The van der Waals surface area contributed by atoms with E-state index in [0.29, 0.717) is 54.7 Å². The lowest BCUT2D eigenvalue weighted by Crippen LogP contribution is -2.22.